The predicted molar refractivity (Wildman–Crippen MR) is 120 cm³/mol. The summed E-state index contributed by atoms with van der Waals surface area (Å²) in [5, 5.41) is 8.87. The van der Waals surface area contributed by atoms with Gasteiger partial charge >= 0.3 is 5.97 Å². The van der Waals surface area contributed by atoms with E-state index in [1.54, 1.807) is 0 Å². The first-order valence-electron chi connectivity index (χ1n) is 12.0. The summed E-state index contributed by atoms with van der Waals surface area (Å²) in [6.07, 6.45) is 13.2. The van der Waals surface area contributed by atoms with Gasteiger partial charge in [-0.2, -0.15) is 0 Å². The van der Waals surface area contributed by atoms with Crippen LogP contribution in [0.2, 0.25) is 0 Å². The molecule has 31 heavy (non-hydrogen) atoms. The summed E-state index contributed by atoms with van der Waals surface area (Å²) in [7, 11) is 2.18. The first-order valence-corrected chi connectivity index (χ1v) is 12.0. The summed E-state index contributed by atoms with van der Waals surface area (Å²) in [6, 6.07) is 9.88. The second-order valence-electron chi connectivity index (χ2n) is 9.43. The molecular formula is C25H36N4O2. The lowest BCUT2D eigenvalue weighted by Crippen LogP contribution is -2.33. The van der Waals surface area contributed by atoms with Gasteiger partial charge in [0.2, 0.25) is 0 Å². The number of benzene rings is 1. The average Bonchev–Trinajstić information content (AvgIpc) is 3.23. The maximum absolute atomic E-state index is 12.5. The Morgan fingerprint density at radius 3 is 2.61 bits per heavy atom. The van der Waals surface area contributed by atoms with Crippen molar-refractivity contribution in [1.29, 1.82) is 0 Å². The zero-order valence-corrected chi connectivity index (χ0v) is 18.8. The summed E-state index contributed by atoms with van der Waals surface area (Å²) >= 11 is 0. The van der Waals surface area contributed by atoms with Gasteiger partial charge in [0.05, 0.1) is 24.4 Å². The van der Waals surface area contributed by atoms with Crippen LogP contribution in [0, 0.1) is 5.92 Å². The van der Waals surface area contributed by atoms with Crippen molar-refractivity contribution in [2.24, 2.45) is 5.92 Å². The molecule has 2 atom stereocenters. The van der Waals surface area contributed by atoms with Crippen LogP contribution in [0.5, 0.6) is 0 Å². The zero-order valence-electron chi connectivity index (χ0n) is 18.8. The lowest BCUT2D eigenvalue weighted by Gasteiger charge is -2.31. The van der Waals surface area contributed by atoms with Crippen molar-refractivity contribution in [3.63, 3.8) is 0 Å². The minimum Gasteiger partial charge on any atom is -0.460 e. The van der Waals surface area contributed by atoms with E-state index >= 15 is 0 Å². The zero-order chi connectivity index (χ0) is 21.5. The number of aromatic nitrogens is 3. The molecular weight excluding hydrogens is 388 g/mol. The van der Waals surface area contributed by atoms with Gasteiger partial charge in [-0.05, 0) is 50.6 Å². The Hall–Kier alpha value is -2.21. The standard InChI is InChI=1S/C25H36N4O2/c1-28(17-21-12-6-3-7-13-21)18-22-19-29(27-26-22)23-14-8-9-15-24(23)31-25(30)16-20-10-4-2-5-11-20/h2,4-5,10-11,19,21,23-24H,3,6-9,12-18H2,1H3. The van der Waals surface area contributed by atoms with Crippen LogP contribution in [0.15, 0.2) is 36.5 Å². The van der Waals surface area contributed by atoms with Crippen LogP contribution in [0.4, 0.5) is 0 Å². The van der Waals surface area contributed by atoms with Crippen LogP contribution in [0.3, 0.4) is 0 Å². The van der Waals surface area contributed by atoms with Crippen molar-refractivity contribution in [2.45, 2.75) is 82.9 Å². The fourth-order valence-electron chi connectivity index (χ4n) is 5.19. The molecule has 0 aliphatic heterocycles. The topological polar surface area (TPSA) is 60.2 Å². The molecule has 1 aromatic heterocycles. The van der Waals surface area contributed by atoms with E-state index in [4.69, 9.17) is 4.74 Å². The van der Waals surface area contributed by atoms with E-state index in [1.165, 1.54) is 32.1 Å². The molecule has 0 bridgehead atoms. The molecule has 4 rings (SSSR count). The number of nitrogens with zero attached hydrogens (tertiary/aromatic N) is 4. The minimum atomic E-state index is -0.157. The molecule has 2 aromatic rings. The molecule has 6 nitrogen and oxygen atoms in total. The lowest BCUT2D eigenvalue weighted by atomic mass is 9.89. The SMILES string of the molecule is CN(Cc1cn(C2CCCCC2OC(=O)Cc2ccccc2)nn1)CC1CCCCC1. The Labute approximate surface area is 186 Å². The molecule has 0 radical (unpaired) electrons. The third-order valence-electron chi connectivity index (χ3n) is 6.77. The van der Waals surface area contributed by atoms with Crippen molar-refractivity contribution in [3.8, 4) is 0 Å². The summed E-state index contributed by atoms with van der Waals surface area (Å²) in [5.74, 6) is 0.663. The molecule has 2 saturated carbocycles. The highest BCUT2D eigenvalue weighted by Gasteiger charge is 2.31. The van der Waals surface area contributed by atoms with Gasteiger partial charge in [0, 0.05) is 13.1 Å². The fraction of sp³-hybridized carbons (Fsp3) is 0.640. The van der Waals surface area contributed by atoms with Gasteiger partial charge in [-0.15, -0.1) is 5.10 Å². The number of esters is 1. The molecule has 2 aliphatic rings. The van der Waals surface area contributed by atoms with E-state index in [9.17, 15) is 4.79 Å². The molecule has 0 N–H and O–H groups in total. The molecule has 0 amide bonds. The van der Waals surface area contributed by atoms with Gasteiger partial charge in [0.25, 0.3) is 0 Å². The van der Waals surface area contributed by atoms with Gasteiger partial charge in [0.15, 0.2) is 0 Å². The van der Waals surface area contributed by atoms with Gasteiger partial charge in [-0.3, -0.25) is 4.79 Å². The number of hydrogen-bond donors (Lipinski definition) is 0. The maximum Gasteiger partial charge on any atom is 0.310 e. The third-order valence-corrected chi connectivity index (χ3v) is 6.77. The Morgan fingerprint density at radius 1 is 1.06 bits per heavy atom. The quantitative estimate of drug-likeness (QED) is 0.582. The lowest BCUT2D eigenvalue weighted by molar-refractivity contribution is -0.152. The third kappa shape index (κ3) is 6.39. The molecule has 1 aromatic carbocycles. The van der Waals surface area contributed by atoms with Gasteiger partial charge in [0.1, 0.15) is 6.10 Å². The van der Waals surface area contributed by atoms with Gasteiger partial charge in [-0.25, -0.2) is 4.68 Å². The first kappa shape index (κ1) is 22.0. The van der Waals surface area contributed by atoms with Crippen LogP contribution in [-0.4, -0.2) is 45.6 Å². The second-order valence-corrected chi connectivity index (χ2v) is 9.43. The van der Waals surface area contributed by atoms with E-state index in [0.717, 1.165) is 55.9 Å². The molecule has 1 heterocycles. The van der Waals surface area contributed by atoms with Crippen molar-refractivity contribution in [1.82, 2.24) is 19.9 Å². The Bertz CT molecular complexity index is 816. The molecule has 168 valence electrons. The van der Waals surface area contributed by atoms with Crippen LogP contribution in [-0.2, 0) is 22.5 Å². The summed E-state index contributed by atoms with van der Waals surface area (Å²) in [6.45, 7) is 1.96. The molecule has 6 heteroatoms. The second kappa shape index (κ2) is 10.9. The first-order chi connectivity index (χ1) is 15.2. The Morgan fingerprint density at radius 2 is 1.81 bits per heavy atom. The highest BCUT2D eigenvalue weighted by atomic mass is 16.5. The van der Waals surface area contributed by atoms with Crippen molar-refractivity contribution < 1.29 is 9.53 Å². The number of carbonyl (C=O) groups excluding carboxylic acids is 1. The normalized spacial score (nSPS) is 22.5. The minimum absolute atomic E-state index is 0.0818. The molecule has 2 aliphatic carbocycles. The van der Waals surface area contributed by atoms with E-state index < -0.39 is 0 Å². The molecule has 0 saturated heterocycles. The van der Waals surface area contributed by atoms with E-state index in [-0.39, 0.29) is 18.1 Å². The predicted octanol–water partition coefficient (Wildman–Crippen LogP) is 4.56. The van der Waals surface area contributed by atoms with Gasteiger partial charge in [-0.1, -0.05) is 61.2 Å². The van der Waals surface area contributed by atoms with Crippen LogP contribution < -0.4 is 0 Å². The van der Waals surface area contributed by atoms with E-state index in [0.29, 0.717) is 6.42 Å². The van der Waals surface area contributed by atoms with E-state index in [1.807, 2.05) is 35.0 Å². The molecule has 2 fully saturated rings. The van der Waals surface area contributed by atoms with Crippen LogP contribution in [0.25, 0.3) is 0 Å². The summed E-state index contributed by atoms with van der Waals surface area (Å²) in [4.78, 5) is 14.9. The maximum atomic E-state index is 12.5. The smallest absolute Gasteiger partial charge is 0.310 e. The number of hydrogen-bond acceptors (Lipinski definition) is 5. The largest absolute Gasteiger partial charge is 0.460 e. The molecule has 0 spiro atoms. The number of rotatable bonds is 8. The monoisotopic (exact) mass is 424 g/mol. The van der Waals surface area contributed by atoms with Crippen molar-refractivity contribution in [2.75, 3.05) is 13.6 Å². The van der Waals surface area contributed by atoms with E-state index in [2.05, 4.69) is 28.5 Å². The van der Waals surface area contributed by atoms with Crippen LogP contribution >= 0.6 is 0 Å². The van der Waals surface area contributed by atoms with Gasteiger partial charge < -0.3 is 9.64 Å². The highest BCUT2D eigenvalue weighted by molar-refractivity contribution is 5.72. The Kier molecular flexibility index (Phi) is 7.73. The molecule has 2 unspecified atom stereocenters. The number of carbonyl (C=O) groups is 1. The average molecular weight is 425 g/mol. The summed E-state index contributed by atoms with van der Waals surface area (Å²) in [5.41, 5.74) is 1.99. The van der Waals surface area contributed by atoms with Crippen LogP contribution in [0.1, 0.15) is 75.1 Å². The highest BCUT2D eigenvalue weighted by Crippen LogP contribution is 2.31. The summed E-state index contributed by atoms with van der Waals surface area (Å²) < 4.78 is 7.86. The number of ether oxygens (including phenoxy) is 1. The van der Waals surface area contributed by atoms with Crippen molar-refractivity contribution >= 4 is 5.97 Å². The Balaban J connectivity index is 1.32. The fourth-order valence-corrected chi connectivity index (χ4v) is 5.19. The van der Waals surface area contributed by atoms with Crippen molar-refractivity contribution in [3.05, 3.63) is 47.8 Å².